The van der Waals surface area contributed by atoms with Gasteiger partial charge in [-0.25, -0.2) is 17.2 Å². The molecule has 0 amide bonds. The minimum absolute atomic E-state index is 0.000411. The van der Waals surface area contributed by atoms with Gasteiger partial charge in [-0.15, -0.1) is 0 Å². The van der Waals surface area contributed by atoms with Crippen LogP contribution in [0, 0.1) is 18.6 Å². The summed E-state index contributed by atoms with van der Waals surface area (Å²) >= 11 is 0. The number of esters is 1. The number of carbonyl (C=O) groups is 1. The normalized spacial score (nSPS) is 20.1. The summed E-state index contributed by atoms with van der Waals surface area (Å²) in [5, 5.41) is 0. The predicted octanol–water partition coefficient (Wildman–Crippen LogP) is 2.66. The molecule has 1 heterocycles. The molecule has 0 radical (unpaired) electrons. The van der Waals surface area contributed by atoms with Gasteiger partial charge in [0.2, 0.25) is 10.0 Å². The standard InChI is InChI=1S/C19H19F2NO5S/c1-12-9-14(7-8-15(12)20)28(24,25)22-11-13(10-17(22)19(23)26-2)27-18-6-4-3-5-16(18)21/h3-9,13,17H,10-11H2,1-2H3. The average molecular weight is 411 g/mol. The van der Waals surface area contributed by atoms with Gasteiger partial charge in [0.25, 0.3) is 0 Å². The highest BCUT2D eigenvalue weighted by Crippen LogP contribution is 2.31. The molecule has 9 heteroatoms. The van der Waals surface area contributed by atoms with Crippen molar-refractivity contribution in [1.82, 2.24) is 4.31 Å². The Labute approximate surface area is 161 Å². The monoisotopic (exact) mass is 411 g/mol. The quantitative estimate of drug-likeness (QED) is 0.708. The highest BCUT2D eigenvalue weighted by molar-refractivity contribution is 7.89. The van der Waals surface area contributed by atoms with E-state index in [4.69, 9.17) is 9.47 Å². The molecule has 150 valence electrons. The van der Waals surface area contributed by atoms with Gasteiger partial charge in [0.05, 0.1) is 18.6 Å². The van der Waals surface area contributed by atoms with Crippen molar-refractivity contribution in [1.29, 1.82) is 0 Å². The second-order valence-corrected chi connectivity index (χ2v) is 8.32. The van der Waals surface area contributed by atoms with Crippen LogP contribution in [0.25, 0.3) is 0 Å². The summed E-state index contributed by atoms with van der Waals surface area (Å²) < 4.78 is 64.8. The largest absolute Gasteiger partial charge is 0.486 e. The smallest absolute Gasteiger partial charge is 0.324 e. The van der Waals surface area contributed by atoms with E-state index < -0.39 is 39.8 Å². The van der Waals surface area contributed by atoms with Crippen LogP contribution in [0.15, 0.2) is 47.4 Å². The van der Waals surface area contributed by atoms with Crippen molar-refractivity contribution in [2.75, 3.05) is 13.7 Å². The van der Waals surface area contributed by atoms with Gasteiger partial charge in [-0.2, -0.15) is 4.31 Å². The Balaban J connectivity index is 1.91. The van der Waals surface area contributed by atoms with E-state index in [0.29, 0.717) is 0 Å². The first-order chi connectivity index (χ1) is 13.2. The number of sulfonamides is 1. The summed E-state index contributed by atoms with van der Waals surface area (Å²) in [6.45, 7) is 1.27. The topological polar surface area (TPSA) is 72.9 Å². The van der Waals surface area contributed by atoms with Crippen LogP contribution in [-0.2, 0) is 19.6 Å². The molecule has 0 saturated carbocycles. The summed E-state index contributed by atoms with van der Waals surface area (Å²) in [4.78, 5) is 12.0. The molecule has 0 spiro atoms. The highest BCUT2D eigenvalue weighted by atomic mass is 32.2. The SMILES string of the molecule is COC(=O)C1CC(Oc2ccccc2F)CN1S(=O)(=O)c1ccc(F)c(C)c1. The second kappa shape index (κ2) is 7.84. The summed E-state index contributed by atoms with van der Waals surface area (Å²) in [6, 6.07) is 7.99. The first-order valence-corrected chi connectivity index (χ1v) is 9.95. The van der Waals surface area contributed by atoms with Gasteiger partial charge in [-0.1, -0.05) is 12.1 Å². The van der Waals surface area contributed by atoms with Gasteiger partial charge in [0.1, 0.15) is 18.0 Å². The Morgan fingerprint density at radius 2 is 1.86 bits per heavy atom. The summed E-state index contributed by atoms with van der Waals surface area (Å²) in [6.07, 6.45) is -0.752. The Morgan fingerprint density at radius 3 is 2.50 bits per heavy atom. The number of benzene rings is 2. The number of halogens is 2. The van der Waals surface area contributed by atoms with Crippen molar-refractivity contribution in [3.05, 3.63) is 59.7 Å². The third kappa shape index (κ3) is 3.85. The summed E-state index contributed by atoms with van der Waals surface area (Å²) in [5.41, 5.74) is 0.161. The summed E-state index contributed by atoms with van der Waals surface area (Å²) in [5.74, 6) is -1.91. The second-order valence-electron chi connectivity index (χ2n) is 6.43. The number of hydrogen-bond acceptors (Lipinski definition) is 5. The van der Waals surface area contributed by atoms with Gasteiger partial charge >= 0.3 is 5.97 Å². The van der Waals surface area contributed by atoms with E-state index in [-0.39, 0.29) is 29.2 Å². The lowest BCUT2D eigenvalue weighted by Gasteiger charge is -2.22. The molecule has 0 bridgehead atoms. The minimum atomic E-state index is -4.13. The highest BCUT2D eigenvalue weighted by Gasteiger charge is 2.45. The number of aryl methyl sites for hydroxylation is 1. The van der Waals surface area contributed by atoms with Crippen molar-refractivity contribution >= 4 is 16.0 Å². The van der Waals surface area contributed by atoms with Crippen LogP contribution in [0.5, 0.6) is 5.75 Å². The van der Waals surface area contributed by atoms with E-state index in [2.05, 4.69) is 0 Å². The fourth-order valence-corrected chi connectivity index (χ4v) is 4.81. The maximum Gasteiger partial charge on any atom is 0.324 e. The number of hydrogen-bond donors (Lipinski definition) is 0. The zero-order valence-corrected chi connectivity index (χ0v) is 16.1. The number of rotatable bonds is 5. The maximum atomic E-state index is 13.9. The van der Waals surface area contributed by atoms with Crippen molar-refractivity contribution in [2.45, 2.75) is 30.4 Å². The van der Waals surface area contributed by atoms with E-state index in [1.807, 2.05) is 0 Å². The Bertz CT molecular complexity index is 996. The average Bonchev–Trinajstić information content (AvgIpc) is 3.10. The molecule has 0 N–H and O–H groups in total. The van der Waals surface area contributed by atoms with E-state index >= 15 is 0 Å². The number of carbonyl (C=O) groups excluding carboxylic acids is 1. The molecule has 0 aromatic heterocycles. The first kappa shape index (κ1) is 20.2. The molecule has 1 saturated heterocycles. The Morgan fingerprint density at radius 1 is 1.14 bits per heavy atom. The molecule has 1 fully saturated rings. The lowest BCUT2D eigenvalue weighted by Crippen LogP contribution is -2.41. The Kier molecular flexibility index (Phi) is 5.66. The van der Waals surface area contributed by atoms with Crippen LogP contribution < -0.4 is 4.74 Å². The van der Waals surface area contributed by atoms with E-state index in [0.717, 1.165) is 23.5 Å². The summed E-state index contributed by atoms with van der Waals surface area (Å²) in [7, 11) is -2.97. The van der Waals surface area contributed by atoms with Crippen LogP contribution in [-0.4, -0.2) is 44.5 Å². The molecule has 1 aliphatic rings. The fourth-order valence-electron chi connectivity index (χ4n) is 3.10. The molecule has 2 unspecified atom stereocenters. The Hall–Kier alpha value is -2.52. The number of nitrogens with zero attached hydrogens (tertiary/aromatic N) is 1. The van der Waals surface area contributed by atoms with Crippen LogP contribution in [0.4, 0.5) is 8.78 Å². The minimum Gasteiger partial charge on any atom is -0.486 e. The van der Waals surface area contributed by atoms with Crippen molar-refractivity contribution in [2.24, 2.45) is 0 Å². The van der Waals surface area contributed by atoms with Gasteiger partial charge < -0.3 is 9.47 Å². The van der Waals surface area contributed by atoms with Crippen molar-refractivity contribution in [3.63, 3.8) is 0 Å². The third-order valence-corrected chi connectivity index (χ3v) is 6.43. The van der Waals surface area contributed by atoms with Crippen LogP contribution in [0.3, 0.4) is 0 Å². The molecule has 3 rings (SSSR count). The molecule has 2 aromatic rings. The van der Waals surface area contributed by atoms with E-state index in [1.54, 1.807) is 6.07 Å². The van der Waals surface area contributed by atoms with Gasteiger partial charge in [0.15, 0.2) is 11.6 Å². The lowest BCUT2D eigenvalue weighted by molar-refractivity contribution is -0.144. The molecule has 28 heavy (non-hydrogen) atoms. The van der Waals surface area contributed by atoms with Gasteiger partial charge in [-0.3, -0.25) is 4.79 Å². The molecule has 6 nitrogen and oxygen atoms in total. The first-order valence-electron chi connectivity index (χ1n) is 8.51. The molecule has 2 aromatic carbocycles. The lowest BCUT2D eigenvalue weighted by atomic mass is 10.2. The predicted molar refractivity (Wildman–Crippen MR) is 96.3 cm³/mol. The van der Waals surface area contributed by atoms with Crippen LogP contribution in [0.2, 0.25) is 0 Å². The molecule has 0 aliphatic carbocycles. The molecular formula is C19H19F2NO5S. The van der Waals surface area contributed by atoms with Crippen LogP contribution >= 0.6 is 0 Å². The zero-order valence-electron chi connectivity index (χ0n) is 15.3. The zero-order chi connectivity index (χ0) is 20.5. The molecular weight excluding hydrogens is 392 g/mol. The molecule has 1 aliphatic heterocycles. The number of ether oxygens (including phenoxy) is 2. The maximum absolute atomic E-state index is 13.9. The van der Waals surface area contributed by atoms with Crippen LogP contribution in [0.1, 0.15) is 12.0 Å². The third-order valence-electron chi connectivity index (χ3n) is 4.56. The van der Waals surface area contributed by atoms with Gasteiger partial charge in [-0.05, 0) is 42.8 Å². The fraction of sp³-hybridized carbons (Fsp3) is 0.316. The van der Waals surface area contributed by atoms with Crippen molar-refractivity contribution < 1.29 is 31.5 Å². The van der Waals surface area contributed by atoms with E-state index in [1.165, 1.54) is 31.2 Å². The van der Waals surface area contributed by atoms with Crippen molar-refractivity contribution in [3.8, 4) is 5.75 Å². The number of methoxy groups -OCH3 is 1. The number of para-hydroxylation sites is 1. The molecule has 2 atom stereocenters. The van der Waals surface area contributed by atoms with E-state index in [9.17, 15) is 22.0 Å². The van der Waals surface area contributed by atoms with Gasteiger partial charge in [0, 0.05) is 6.42 Å².